The molecule has 0 heterocycles. The molecule has 2 aromatic carbocycles. The van der Waals surface area contributed by atoms with E-state index in [1.807, 2.05) is 30.3 Å². The van der Waals surface area contributed by atoms with Crippen LogP contribution in [0.5, 0.6) is 5.75 Å². The van der Waals surface area contributed by atoms with Crippen molar-refractivity contribution in [1.82, 2.24) is 0 Å². The van der Waals surface area contributed by atoms with Crippen molar-refractivity contribution in [2.45, 2.75) is 4.90 Å². The monoisotopic (exact) mass is 261 g/mol. The Bertz CT molecular complexity index is 511. The fraction of sp³-hybridized carbons (Fsp3) is 0.143. The summed E-state index contributed by atoms with van der Waals surface area (Å²) in [5.41, 5.74) is 6.26. The smallest absolute Gasteiger partial charge is 0.119 e. The molecule has 0 aliphatic heterocycles. The minimum atomic E-state index is -1.05. The summed E-state index contributed by atoms with van der Waals surface area (Å²) in [4.78, 5) is 0.779. The van der Waals surface area contributed by atoms with Crippen molar-refractivity contribution in [3.63, 3.8) is 0 Å². The van der Waals surface area contributed by atoms with Crippen molar-refractivity contribution in [2.75, 3.05) is 18.1 Å². The molecule has 0 bridgehead atoms. The number of anilines is 1. The summed E-state index contributed by atoms with van der Waals surface area (Å²) >= 11 is 0. The van der Waals surface area contributed by atoms with Crippen LogP contribution in [-0.2, 0) is 10.8 Å². The van der Waals surface area contributed by atoms with Crippen LogP contribution >= 0.6 is 0 Å². The van der Waals surface area contributed by atoms with E-state index >= 15 is 0 Å². The van der Waals surface area contributed by atoms with E-state index in [9.17, 15) is 4.21 Å². The summed E-state index contributed by atoms with van der Waals surface area (Å²) < 4.78 is 17.4. The van der Waals surface area contributed by atoms with E-state index < -0.39 is 10.8 Å². The molecular weight excluding hydrogens is 246 g/mol. The van der Waals surface area contributed by atoms with Crippen LogP contribution < -0.4 is 10.5 Å². The van der Waals surface area contributed by atoms with Crippen LogP contribution in [0.25, 0.3) is 0 Å². The average Bonchev–Trinajstić information content (AvgIpc) is 2.40. The Labute approximate surface area is 109 Å². The first kappa shape index (κ1) is 12.6. The predicted octanol–water partition coefficient (Wildman–Crippen LogP) is 2.46. The van der Waals surface area contributed by atoms with Gasteiger partial charge in [0.2, 0.25) is 0 Å². The van der Waals surface area contributed by atoms with Gasteiger partial charge in [0.25, 0.3) is 0 Å². The van der Waals surface area contributed by atoms with Crippen LogP contribution in [0.4, 0.5) is 5.69 Å². The van der Waals surface area contributed by atoms with Gasteiger partial charge in [0, 0.05) is 10.6 Å². The van der Waals surface area contributed by atoms with Gasteiger partial charge in [0.05, 0.1) is 16.6 Å². The molecule has 0 amide bonds. The Morgan fingerprint density at radius 2 is 1.67 bits per heavy atom. The van der Waals surface area contributed by atoms with Gasteiger partial charge in [-0.2, -0.15) is 0 Å². The largest absolute Gasteiger partial charge is 0.493 e. The molecule has 0 aromatic heterocycles. The summed E-state index contributed by atoms with van der Waals surface area (Å²) in [6.07, 6.45) is 0. The van der Waals surface area contributed by atoms with Crippen LogP contribution in [0.15, 0.2) is 59.5 Å². The second-order valence-corrected chi connectivity index (χ2v) is 5.35. The third-order valence-corrected chi connectivity index (χ3v) is 3.76. The zero-order valence-corrected chi connectivity index (χ0v) is 10.7. The lowest BCUT2D eigenvalue weighted by Crippen LogP contribution is -2.08. The molecule has 2 rings (SSSR count). The Hall–Kier alpha value is -1.81. The molecule has 0 saturated carbocycles. The molecule has 2 N–H and O–H groups in total. The lowest BCUT2D eigenvalue weighted by atomic mass is 10.3. The molecule has 0 aliphatic rings. The first-order chi connectivity index (χ1) is 8.75. The van der Waals surface area contributed by atoms with Crippen LogP contribution in [0.1, 0.15) is 0 Å². The van der Waals surface area contributed by atoms with Crippen LogP contribution in [0.2, 0.25) is 0 Å². The molecule has 1 unspecified atom stereocenters. The molecule has 2 aromatic rings. The maximum absolute atomic E-state index is 11.9. The average molecular weight is 261 g/mol. The van der Waals surface area contributed by atoms with Crippen LogP contribution in [0, 0.1) is 0 Å². The molecule has 0 aliphatic carbocycles. The fourth-order valence-electron chi connectivity index (χ4n) is 1.49. The molecule has 0 radical (unpaired) electrons. The van der Waals surface area contributed by atoms with E-state index in [0.717, 1.165) is 10.6 Å². The second-order valence-electron chi connectivity index (χ2n) is 3.78. The van der Waals surface area contributed by atoms with Crippen LogP contribution in [0.3, 0.4) is 0 Å². The van der Waals surface area contributed by atoms with Crippen molar-refractivity contribution in [1.29, 1.82) is 0 Å². The standard InChI is InChI=1S/C14H15NO2S/c15-12-6-8-14(9-7-12)18(16)11-10-17-13-4-2-1-3-5-13/h1-9H,10-11,15H2. The predicted molar refractivity (Wildman–Crippen MR) is 74.1 cm³/mol. The third kappa shape index (κ3) is 3.60. The maximum atomic E-state index is 11.9. The molecular formula is C14H15NO2S. The number of nitrogens with two attached hydrogens (primary N) is 1. The number of rotatable bonds is 5. The maximum Gasteiger partial charge on any atom is 0.119 e. The second kappa shape index (κ2) is 6.21. The van der Waals surface area contributed by atoms with Gasteiger partial charge in [0.15, 0.2) is 0 Å². The van der Waals surface area contributed by atoms with E-state index in [1.54, 1.807) is 24.3 Å². The van der Waals surface area contributed by atoms with Crippen molar-refractivity contribution in [3.05, 3.63) is 54.6 Å². The number of hydrogen-bond acceptors (Lipinski definition) is 3. The SMILES string of the molecule is Nc1ccc(S(=O)CCOc2ccccc2)cc1. The fourth-order valence-corrected chi connectivity index (χ4v) is 2.40. The number of benzene rings is 2. The molecule has 18 heavy (non-hydrogen) atoms. The molecule has 4 heteroatoms. The van der Waals surface area contributed by atoms with Gasteiger partial charge in [-0.15, -0.1) is 0 Å². The Balaban J connectivity index is 1.84. The van der Waals surface area contributed by atoms with E-state index in [0.29, 0.717) is 18.0 Å². The number of nitrogen functional groups attached to an aromatic ring is 1. The highest BCUT2D eigenvalue weighted by Gasteiger charge is 2.03. The number of ether oxygens (including phenoxy) is 1. The number of hydrogen-bond donors (Lipinski definition) is 1. The quantitative estimate of drug-likeness (QED) is 0.841. The zero-order chi connectivity index (χ0) is 12.8. The summed E-state index contributed by atoms with van der Waals surface area (Å²) in [6, 6.07) is 16.6. The minimum absolute atomic E-state index is 0.432. The first-order valence-electron chi connectivity index (χ1n) is 5.67. The topological polar surface area (TPSA) is 52.3 Å². The minimum Gasteiger partial charge on any atom is -0.493 e. The van der Waals surface area contributed by atoms with E-state index in [-0.39, 0.29) is 0 Å². The normalized spacial score (nSPS) is 12.0. The summed E-state index contributed by atoms with van der Waals surface area (Å²) in [7, 11) is -1.05. The summed E-state index contributed by atoms with van der Waals surface area (Å²) in [5.74, 6) is 1.27. The van der Waals surface area contributed by atoms with Gasteiger partial charge in [-0.05, 0) is 36.4 Å². The Kier molecular flexibility index (Phi) is 4.36. The van der Waals surface area contributed by atoms with Gasteiger partial charge < -0.3 is 10.5 Å². The summed E-state index contributed by atoms with van der Waals surface area (Å²) in [6.45, 7) is 0.432. The van der Waals surface area contributed by atoms with E-state index in [2.05, 4.69) is 0 Å². The van der Waals surface area contributed by atoms with Crippen molar-refractivity contribution in [2.24, 2.45) is 0 Å². The van der Waals surface area contributed by atoms with Crippen molar-refractivity contribution in [3.8, 4) is 5.75 Å². The van der Waals surface area contributed by atoms with Crippen LogP contribution in [-0.4, -0.2) is 16.6 Å². The van der Waals surface area contributed by atoms with Gasteiger partial charge >= 0.3 is 0 Å². The number of para-hydroxylation sites is 1. The zero-order valence-electron chi connectivity index (χ0n) is 9.91. The molecule has 0 spiro atoms. The Morgan fingerprint density at radius 1 is 1.00 bits per heavy atom. The highest BCUT2D eigenvalue weighted by atomic mass is 32.2. The molecule has 0 fully saturated rings. The third-order valence-electron chi connectivity index (χ3n) is 2.42. The molecule has 3 nitrogen and oxygen atoms in total. The highest BCUT2D eigenvalue weighted by Crippen LogP contribution is 2.11. The Morgan fingerprint density at radius 3 is 2.33 bits per heavy atom. The van der Waals surface area contributed by atoms with Crippen molar-refractivity contribution < 1.29 is 8.95 Å². The molecule has 0 saturated heterocycles. The van der Waals surface area contributed by atoms with Gasteiger partial charge in [-0.1, -0.05) is 18.2 Å². The van der Waals surface area contributed by atoms with Gasteiger partial charge in [-0.25, -0.2) is 0 Å². The highest BCUT2D eigenvalue weighted by molar-refractivity contribution is 7.85. The summed E-state index contributed by atoms with van der Waals surface area (Å²) in [5, 5.41) is 0. The van der Waals surface area contributed by atoms with Gasteiger partial charge in [-0.3, -0.25) is 4.21 Å². The first-order valence-corrected chi connectivity index (χ1v) is 6.99. The van der Waals surface area contributed by atoms with Gasteiger partial charge in [0.1, 0.15) is 12.4 Å². The lowest BCUT2D eigenvalue weighted by Gasteiger charge is -2.06. The molecule has 1 atom stereocenters. The van der Waals surface area contributed by atoms with Crippen molar-refractivity contribution >= 4 is 16.5 Å². The van der Waals surface area contributed by atoms with E-state index in [4.69, 9.17) is 10.5 Å². The molecule has 94 valence electrons. The van der Waals surface area contributed by atoms with E-state index in [1.165, 1.54) is 0 Å². The lowest BCUT2D eigenvalue weighted by molar-refractivity contribution is 0.342.